The van der Waals surface area contributed by atoms with Gasteiger partial charge in [0, 0.05) is 6.42 Å². The SMILES string of the molecule is C=[N+]=CC(=O)CC[C@H](NC(=O)[C@H](CC(C)C)NC(=O)[C@@H](N)CC(C)C)C(=O)OC(C)C. The number of rotatable bonds is 14. The lowest BCUT2D eigenvalue weighted by molar-refractivity contribution is -0.152. The molecule has 9 nitrogen and oxygen atoms in total. The van der Waals surface area contributed by atoms with Crippen LogP contribution in [0.3, 0.4) is 0 Å². The number of Topliss-reactive ketones (excluding diaryl/α,β-unsaturated/α-hetero) is 1. The van der Waals surface area contributed by atoms with Crippen molar-refractivity contribution in [1.29, 1.82) is 0 Å². The third-order valence-electron chi connectivity index (χ3n) is 4.27. The minimum Gasteiger partial charge on any atom is -0.461 e. The van der Waals surface area contributed by atoms with Gasteiger partial charge in [-0.3, -0.25) is 14.4 Å². The molecule has 0 aromatic rings. The number of nitrogens with one attached hydrogen (secondary N) is 2. The molecule has 0 aliphatic heterocycles. The molecule has 0 rings (SSSR count). The molecule has 0 radical (unpaired) electrons. The van der Waals surface area contributed by atoms with Crippen molar-refractivity contribution < 1.29 is 23.9 Å². The molecule has 4 N–H and O–H groups in total. The van der Waals surface area contributed by atoms with Crippen LogP contribution in [0, 0.1) is 11.8 Å². The van der Waals surface area contributed by atoms with Crippen LogP contribution in [-0.4, -0.2) is 60.7 Å². The maximum absolute atomic E-state index is 12.9. The van der Waals surface area contributed by atoms with Gasteiger partial charge in [-0.2, -0.15) is 0 Å². The summed E-state index contributed by atoms with van der Waals surface area (Å²) in [6.45, 7) is 14.3. The highest BCUT2D eigenvalue weighted by Gasteiger charge is 2.30. The average Bonchev–Trinajstić information content (AvgIpc) is 2.62. The first-order valence-corrected chi connectivity index (χ1v) is 10.8. The maximum atomic E-state index is 12.9. The van der Waals surface area contributed by atoms with E-state index < -0.39 is 35.9 Å². The van der Waals surface area contributed by atoms with Gasteiger partial charge in [0.2, 0.25) is 17.6 Å². The first kappa shape index (κ1) is 28.5. The fourth-order valence-corrected chi connectivity index (χ4v) is 2.89. The van der Waals surface area contributed by atoms with Gasteiger partial charge in [-0.1, -0.05) is 27.7 Å². The normalized spacial score (nSPS) is 13.9. The zero-order chi connectivity index (χ0) is 24.1. The molecule has 0 fully saturated rings. The highest BCUT2D eigenvalue weighted by atomic mass is 16.5. The van der Waals surface area contributed by atoms with Crippen molar-refractivity contribution in [3.8, 4) is 0 Å². The van der Waals surface area contributed by atoms with Gasteiger partial charge in [0.15, 0.2) is 0 Å². The fourth-order valence-electron chi connectivity index (χ4n) is 2.89. The summed E-state index contributed by atoms with van der Waals surface area (Å²) in [6.07, 6.45) is 1.55. The molecule has 31 heavy (non-hydrogen) atoms. The number of carbonyl (C=O) groups excluding carboxylic acids is 4. The Kier molecular flexibility index (Phi) is 13.3. The first-order valence-electron chi connectivity index (χ1n) is 10.8. The molecule has 0 saturated carbocycles. The Morgan fingerprint density at radius 1 is 0.935 bits per heavy atom. The standard InChI is InChI=1S/C22H38N4O5/c1-13(2)10-17(23)20(28)26-19(11-14(3)4)21(29)25-18(22(30)31-15(5)6)9-8-16(27)12-24-7/h12-15,17-19H,7-11,23H2,1-6H3,(H-,25,26,28,29)/p+1/t17-,18-,19-/m0/s1. The van der Waals surface area contributed by atoms with Crippen LogP contribution >= 0.6 is 0 Å². The predicted molar refractivity (Wildman–Crippen MR) is 122 cm³/mol. The lowest BCUT2D eigenvalue weighted by Crippen LogP contribution is -2.55. The topological polar surface area (TPSA) is 142 Å². The highest BCUT2D eigenvalue weighted by molar-refractivity contribution is 6.27. The zero-order valence-corrected chi connectivity index (χ0v) is 19.6. The second-order valence-corrected chi connectivity index (χ2v) is 8.79. The third kappa shape index (κ3) is 12.7. The van der Waals surface area contributed by atoms with Gasteiger partial charge in [-0.15, -0.1) is 4.67 Å². The number of hydrogen-bond acceptors (Lipinski definition) is 6. The number of hydrogen-bond donors (Lipinski definition) is 3. The zero-order valence-electron chi connectivity index (χ0n) is 19.6. The number of ketones is 1. The lowest BCUT2D eigenvalue weighted by Gasteiger charge is -2.25. The summed E-state index contributed by atoms with van der Waals surface area (Å²) < 4.78 is 8.62. The van der Waals surface area contributed by atoms with Crippen LogP contribution in [0.4, 0.5) is 0 Å². The van der Waals surface area contributed by atoms with Crippen LogP contribution in [0.1, 0.15) is 67.2 Å². The number of nitrogens with zero attached hydrogens (tertiary/aromatic N) is 1. The van der Waals surface area contributed by atoms with Crippen LogP contribution in [-0.2, 0) is 23.9 Å². The van der Waals surface area contributed by atoms with Crippen molar-refractivity contribution in [2.45, 2.75) is 91.5 Å². The van der Waals surface area contributed by atoms with E-state index in [-0.39, 0.29) is 36.6 Å². The quantitative estimate of drug-likeness (QED) is 0.205. The van der Waals surface area contributed by atoms with E-state index in [0.29, 0.717) is 12.8 Å². The molecule has 0 spiro atoms. The van der Waals surface area contributed by atoms with Crippen molar-refractivity contribution in [3.63, 3.8) is 0 Å². The molecule has 0 bridgehead atoms. The van der Waals surface area contributed by atoms with Crippen LogP contribution in [0.25, 0.3) is 0 Å². The summed E-state index contributed by atoms with van der Waals surface area (Å²) in [5.74, 6) is -1.58. The molecule has 0 aromatic heterocycles. The minimum atomic E-state index is -1.03. The molecule has 3 atom stereocenters. The van der Waals surface area contributed by atoms with E-state index >= 15 is 0 Å². The summed E-state index contributed by atoms with van der Waals surface area (Å²) >= 11 is 0. The number of ether oxygens (including phenoxy) is 1. The van der Waals surface area contributed by atoms with Gasteiger partial charge in [0.25, 0.3) is 6.72 Å². The van der Waals surface area contributed by atoms with E-state index in [1.165, 1.54) is 0 Å². The summed E-state index contributed by atoms with van der Waals surface area (Å²) in [4.78, 5) is 49.6. The van der Waals surface area contributed by atoms with Gasteiger partial charge in [-0.25, -0.2) is 4.79 Å². The third-order valence-corrected chi connectivity index (χ3v) is 4.27. The molecule has 176 valence electrons. The molecule has 0 aliphatic rings. The van der Waals surface area contributed by atoms with Gasteiger partial charge in [0.05, 0.1) is 12.1 Å². The highest BCUT2D eigenvalue weighted by Crippen LogP contribution is 2.10. The van der Waals surface area contributed by atoms with Gasteiger partial charge in [-0.05, 0) is 44.9 Å². The Labute approximate surface area is 185 Å². The van der Waals surface area contributed by atoms with Crippen LogP contribution in [0.2, 0.25) is 0 Å². The first-order chi connectivity index (χ1) is 14.4. The van der Waals surface area contributed by atoms with Crippen molar-refractivity contribution in [2.75, 3.05) is 0 Å². The predicted octanol–water partition coefficient (Wildman–Crippen LogP) is 0.515. The molecule has 0 saturated heterocycles. The summed E-state index contributed by atoms with van der Waals surface area (Å²) in [7, 11) is 0. The van der Waals surface area contributed by atoms with Crippen molar-refractivity contribution in [2.24, 2.45) is 17.6 Å². The summed E-state index contributed by atoms with van der Waals surface area (Å²) in [5.41, 5.74) is 5.94. The second kappa shape index (κ2) is 14.5. The number of esters is 1. The summed E-state index contributed by atoms with van der Waals surface area (Å²) in [5, 5.41) is 5.33. The van der Waals surface area contributed by atoms with Gasteiger partial charge in [0.1, 0.15) is 12.1 Å². The minimum absolute atomic E-state index is 0.0162. The van der Waals surface area contributed by atoms with Crippen LogP contribution < -0.4 is 21.0 Å². The van der Waals surface area contributed by atoms with E-state index in [1.807, 2.05) is 27.7 Å². The molecule has 0 unspecified atom stereocenters. The summed E-state index contributed by atoms with van der Waals surface area (Å²) in [6, 6.07) is -2.63. The van der Waals surface area contributed by atoms with E-state index in [4.69, 9.17) is 10.5 Å². The van der Waals surface area contributed by atoms with Crippen molar-refractivity contribution in [3.05, 3.63) is 0 Å². The molecule has 9 heteroatoms. The number of amides is 2. The monoisotopic (exact) mass is 439 g/mol. The maximum Gasteiger partial charge on any atom is 0.334 e. The molecular weight excluding hydrogens is 400 g/mol. The Morgan fingerprint density at radius 3 is 1.97 bits per heavy atom. The molecule has 0 aliphatic carbocycles. The van der Waals surface area contributed by atoms with Gasteiger partial charge >= 0.3 is 12.2 Å². The molecular formula is C22H39N4O5+. The smallest absolute Gasteiger partial charge is 0.334 e. The van der Waals surface area contributed by atoms with E-state index in [2.05, 4.69) is 22.0 Å². The van der Waals surface area contributed by atoms with Crippen LogP contribution in [0.5, 0.6) is 0 Å². The largest absolute Gasteiger partial charge is 0.461 e. The number of nitrogens with two attached hydrogens (primary N) is 1. The van der Waals surface area contributed by atoms with E-state index in [9.17, 15) is 19.2 Å². The Bertz CT molecular complexity index is 669. The Balaban J connectivity index is 5.38. The number of carbonyl (C=O) groups is 4. The Hall–Kier alpha value is -2.51. The average molecular weight is 440 g/mol. The van der Waals surface area contributed by atoms with Crippen LogP contribution in [0.15, 0.2) is 0 Å². The lowest BCUT2D eigenvalue weighted by atomic mass is 10.00. The fraction of sp³-hybridized carbons (Fsp3) is 0.727. The van der Waals surface area contributed by atoms with Crippen molar-refractivity contribution >= 4 is 36.5 Å². The van der Waals surface area contributed by atoms with E-state index in [0.717, 1.165) is 6.21 Å². The van der Waals surface area contributed by atoms with Crippen molar-refractivity contribution in [1.82, 2.24) is 15.3 Å². The Morgan fingerprint density at radius 2 is 1.48 bits per heavy atom. The van der Waals surface area contributed by atoms with Gasteiger partial charge < -0.3 is 21.1 Å². The van der Waals surface area contributed by atoms with E-state index in [1.54, 1.807) is 13.8 Å². The second-order valence-electron chi connectivity index (χ2n) is 8.79. The molecule has 0 heterocycles. The molecule has 2 amide bonds. The molecule has 0 aromatic carbocycles.